The van der Waals surface area contributed by atoms with Gasteiger partial charge in [0.15, 0.2) is 0 Å². The molecule has 0 spiro atoms. The van der Waals surface area contributed by atoms with Gasteiger partial charge in [0.05, 0.1) is 17.4 Å². The summed E-state index contributed by atoms with van der Waals surface area (Å²) in [7, 11) is 2.11. The second-order valence-electron chi connectivity index (χ2n) is 5.83. The lowest BCUT2D eigenvalue weighted by molar-refractivity contribution is 0.102. The molecule has 7 heteroatoms. The predicted octanol–water partition coefficient (Wildman–Crippen LogP) is 3.39. The van der Waals surface area contributed by atoms with Crippen molar-refractivity contribution in [3.8, 4) is 0 Å². The van der Waals surface area contributed by atoms with Crippen molar-refractivity contribution in [3.63, 3.8) is 0 Å². The first kappa shape index (κ1) is 17.0. The van der Waals surface area contributed by atoms with Gasteiger partial charge in [-0.3, -0.25) is 9.78 Å². The molecule has 0 radical (unpaired) electrons. The largest absolute Gasteiger partial charge is 0.368 e. The number of carbonyl (C=O) groups excluding carboxylic acids is 1. The summed E-state index contributed by atoms with van der Waals surface area (Å²) in [5.74, 6) is -0.239. The molecule has 1 saturated heterocycles. The van der Waals surface area contributed by atoms with Crippen LogP contribution in [0.2, 0.25) is 10.0 Å². The van der Waals surface area contributed by atoms with Crippen molar-refractivity contribution in [1.29, 1.82) is 0 Å². The van der Waals surface area contributed by atoms with E-state index in [4.69, 9.17) is 23.2 Å². The number of hydrogen-bond donors (Lipinski definition) is 1. The number of amides is 1. The highest BCUT2D eigenvalue weighted by Gasteiger charge is 2.16. The summed E-state index contributed by atoms with van der Waals surface area (Å²) in [6.07, 6.45) is 3.35. The maximum absolute atomic E-state index is 12.5. The molecule has 1 aliphatic heterocycles. The summed E-state index contributed by atoms with van der Waals surface area (Å²) in [5, 5.41) is 3.75. The molecule has 0 saturated carbocycles. The highest BCUT2D eigenvalue weighted by Crippen LogP contribution is 2.23. The molecule has 1 aromatic heterocycles. The number of rotatable bonds is 3. The fraction of sp³-hybridized carbons (Fsp3) is 0.294. The average Bonchev–Trinajstić information content (AvgIpc) is 2.54. The maximum atomic E-state index is 12.5. The summed E-state index contributed by atoms with van der Waals surface area (Å²) in [5.41, 5.74) is 2.02. The van der Waals surface area contributed by atoms with Crippen molar-refractivity contribution in [2.45, 2.75) is 0 Å². The smallest absolute Gasteiger partial charge is 0.257 e. The number of aromatic nitrogens is 1. The predicted molar refractivity (Wildman–Crippen MR) is 98.4 cm³/mol. The first-order valence-corrected chi connectivity index (χ1v) is 8.43. The summed E-state index contributed by atoms with van der Waals surface area (Å²) in [6.45, 7) is 3.84. The molecule has 1 aromatic carbocycles. The third kappa shape index (κ3) is 4.17. The van der Waals surface area contributed by atoms with E-state index >= 15 is 0 Å². The van der Waals surface area contributed by atoms with Crippen molar-refractivity contribution in [2.24, 2.45) is 0 Å². The molecule has 0 atom stereocenters. The first-order valence-electron chi connectivity index (χ1n) is 7.67. The van der Waals surface area contributed by atoms with E-state index in [1.54, 1.807) is 30.6 Å². The third-order valence-corrected chi connectivity index (χ3v) is 4.41. The van der Waals surface area contributed by atoms with Crippen molar-refractivity contribution >= 4 is 40.5 Å². The normalized spacial score (nSPS) is 15.4. The lowest BCUT2D eigenvalue weighted by Gasteiger charge is -2.33. The topological polar surface area (TPSA) is 48.5 Å². The van der Waals surface area contributed by atoms with E-state index in [-0.39, 0.29) is 5.91 Å². The number of piperazine rings is 1. The molecule has 1 N–H and O–H groups in total. The Kier molecular flexibility index (Phi) is 5.23. The molecule has 24 heavy (non-hydrogen) atoms. The molecule has 1 fully saturated rings. The second-order valence-corrected chi connectivity index (χ2v) is 6.71. The molecule has 0 bridgehead atoms. The molecule has 5 nitrogen and oxygen atoms in total. The Balaban J connectivity index is 1.74. The lowest BCUT2D eigenvalue weighted by atomic mass is 10.2. The number of likely N-dealkylation sites (N-methyl/N-ethyl adjacent to an activating group) is 1. The molecule has 2 aromatic rings. The maximum Gasteiger partial charge on any atom is 0.257 e. The van der Waals surface area contributed by atoms with Crippen LogP contribution in [0.3, 0.4) is 0 Å². The van der Waals surface area contributed by atoms with Gasteiger partial charge in [-0.2, -0.15) is 0 Å². The summed E-state index contributed by atoms with van der Waals surface area (Å²) < 4.78 is 0. The van der Waals surface area contributed by atoms with Crippen molar-refractivity contribution in [1.82, 2.24) is 9.88 Å². The van der Waals surface area contributed by atoms with Crippen LogP contribution in [0.4, 0.5) is 11.4 Å². The Bertz CT molecular complexity index is 725. The Morgan fingerprint density at radius 2 is 1.71 bits per heavy atom. The van der Waals surface area contributed by atoms with Gasteiger partial charge in [-0.1, -0.05) is 23.2 Å². The van der Waals surface area contributed by atoms with Crippen LogP contribution < -0.4 is 10.2 Å². The number of benzene rings is 1. The van der Waals surface area contributed by atoms with Crippen LogP contribution in [0.25, 0.3) is 0 Å². The van der Waals surface area contributed by atoms with Crippen LogP contribution in [-0.2, 0) is 0 Å². The van der Waals surface area contributed by atoms with Crippen molar-refractivity contribution < 1.29 is 4.79 Å². The molecule has 126 valence electrons. The van der Waals surface area contributed by atoms with Gasteiger partial charge < -0.3 is 15.1 Å². The minimum absolute atomic E-state index is 0.239. The first-order chi connectivity index (χ1) is 11.5. The van der Waals surface area contributed by atoms with Crippen LogP contribution in [0.5, 0.6) is 0 Å². The van der Waals surface area contributed by atoms with Crippen LogP contribution in [0.1, 0.15) is 10.4 Å². The third-order valence-electron chi connectivity index (χ3n) is 3.97. The molecule has 3 rings (SSSR count). The van der Waals surface area contributed by atoms with Crippen LogP contribution in [0, 0.1) is 0 Å². The number of pyridine rings is 1. The van der Waals surface area contributed by atoms with Gasteiger partial charge in [0.2, 0.25) is 0 Å². The Morgan fingerprint density at radius 1 is 1.04 bits per heavy atom. The zero-order chi connectivity index (χ0) is 17.1. The van der Waals surface area contributed by atoms with Crippen molar-refractivity contribution in [2.75, 3.05) is 43.4 Å². The summed E-state index contributed by atoms with van der Waals surface area (Å²) >= 11 is 11.9. The monoisotopic (exact) mass is 364 g/mol. The van der Waals surface area contributed by atoms with Crippen LogP contribution in [0.15, 0.2) is 36.7 Å². The SMILES string of the molecule is CN1CCN(c2cncc(C(=O)Nc3cc(Cl)cc(Cl)c3)c2)CC1. The van der Waals surface area contributed by atoms with Gasteiger partial charge in [0.1, 0.15) is 0 Å². The van der Waals surface area contributed by atoms with Gasteiger partial charge >= 0.3 is 0 Å². The number of nitrogens with zero attached hydrogens (tertiary/aromatic N) is 3. The molecular formula is C17H18Cl2N4O. The molecular weight excluding hydrogens is 347 g/mol. The van der Waals surface area contributed by atoms with E-state index < -0.39 is 0 Å². The highest BCUT2D eigenvalue weighted by molar-refractivity contribution is 6.35. The minimum atomic E-state index is -0.239. The minimum Gasteiger partial charge on any atom is -0.368 e. The highest BCUT2D eigenvalue weighted by atomic mass is 35.5. The number of carbonyl (C=O) groups is 1. The molecule has 1 aliphatic rings. The number of halogens is 2. The van der Waals surface area contributed by atoms with Gasteiger partial charge in [0.25, 0.3) is 5.91 Å². The van der Waals surface area contributed by atoms with Gasteiger partial charge in [-0.05, 0) is 31.3 Å². The average molecular weight is 365 g/mol. The van der Waals surface area contributed by atoms with Crippen LogP contribution >= 0.6 is 23.2 Å². The van der Waals surface area contributed by atoms with Crippen LogP contribution in [-0.4, -0.2) is 49.0 Å². The van der Waals surface area contributed by atoms with E-state index in [2.05, 4.69) is 27.1 Å². The number of hydrogen-bond acceptors (Lipinski definition) is 4. The molecule has 1 amide bonds. The van der Waals surface area contributed by atoms with Gasteiger partial charge in [-0.15, -0.1) is 0 Å². The van der Waals surface area contributed by atoms with Crippen molar-refractivity contribution in [3.05, 3.63) is 52.3 Å². The van der Waals surface area contributed by atoms with Gasteiger partial charge in [-0.25, -0.2) is 0 Å². The second kappa shape index (κ2) is 7.38. The molecule has 0 aliphatic carbocycles. The molecule has 0 unspecified atom stereocenters. The van der Waals surface area contributed by atoms with E-state index in [0.29, 0.717) is 21.3 Å². The Morgan fingerprint density at radius 3 is 2.38 bits per heavy atom. The molecule has 2 heterocycles. The van der Waals surface area contributed by atoms with Gasteiger partial charge in [0, 0.05) is 48.1 Å². The number of anilines is 2. The van der Waals surface area contributed by atoms with E-state index in [0.717, 1.165) is 31.9 Å². The quantitative estimate of drug-likeness (QED) is 0.906. The summed E-state index contributed by atoms with van der Waals surface area (Å²) in [6, 6.07) is 6.79. The Labute approximate surface area is 151 Å². The zero-order valence-electron chi connectivity index (χ0n) is 13.3. The number of nitrogens with one attached hydrogen (secondary N) is 1. The standard InChI is InChI=1S/C17H18Cl2N4O/c1-22-2-4-23(5-3-22)16-6-12(10-20-11-16)17(24)21-15-8-13(18)7-14(19)9-15/h6-11H,2-5H2,1H3,(H,21,24). The van der Waals surface area contributed by atoms with E-state index in [9.17, 15) is 4.79 Å². The van der Waals surface area contributed by atoms with E-state index in [1.165, 1.54) is 0 Å². The van der Waals surface area contributed by atoms with E-state index in [1.807, 2.05) is 6.07 Å². The fourth-order valence-electron chi connectivity index (χ4n) is 2.62. The zero-order valence-corrected chi connectivity index (χ0v) is 14.8. The fourth-order valence-corrected chi connectivity index (χ4v) is 3.14. The Hall–Kier alpha value is -1.82. The summed E-state index contributed by atoms with van der Waals surface area (Å²) in [4.78, 5) is 21.2. The lowest BCUT2D eigenvalue weighted by Crippen LogP contribution is -2.44.